The fourth-order valence-electron chi connectivity index (χ4n) is 1.52. The molecule has 2 heteroatoms. The summed E-state index contributed by atoms with van der Waals surface area (Å²) in [6.45, 7) is 25.4. The molecule has 163 valence electrons. The maximum atomic E-state index is 2.30. The molecule has 1 aliphatic carbocycles. The van der Waals surface area contributed by atoms with Crippen molar-refractivity contribution in [3.63, 3.8) is 0 Å². The van der Waals surface area contributed by atoms with Crippen molar-refractivity contribution >= 4 is 8.41 Å². The molecule has 1 rings (SSSR count). The van der Waals surface area contributed by atoms with Crippen LogP contribution in [-0.4, -0.2) is 8.41 Å². The van der Waals surface area contributed by atoms with E-state index in [-0.39, 0.29) is 63.4 Å². The van der Waals surface area contributed by atoms with E-state index in [1.54, 1.807) is 5.57 Å². The van der Waals surface area contributed by atoms with Crippen molar-refractivity contribution in [3.8, 4) is 0 Å². The molecular formula is C25H57BY. The molecule has 1 aliphatic rings. The van der Waals surface area contributed by atoms with E-state index in [9.17, 15) is 0 Å². The van der Waals surface area contributed by atoms with E-state index in [0.717, 1.165) is 11.8 Å². The minimum absolute atomic E-state index is 0. The molecule has 1 unspecified atom stereocenters. The predicted octanol–water partition coefficient (Wildman–Crippen LogP) is 9.80. The van der Waals surface area contributed by atoms with Gasteiger partial charge >= 0.3 is 32.7 Å². The second-order valence-electron chi connectivity index (χ2n) is 5.02. The van der Waals surface area contributed by atoms with Crippen molar-refractivity contribution in [3.05, 3.63) is 44.6 Å². The van der Waals surface area contributed by atoms with Crippen molar-refractivity contribution < 1.29 is 32.7 Å². The van der Waals surface area contributed by atoms with Crippen LogP contribution in [0.15, 0.2) is 23.3 Å². The van der Waals surface area contributed by atoms with E-state index in [1.165, 1.54) is 24.8 Å². The Morgan fingerprint density at radius 2 is 1.26 bits per heavy atom. The van der Waals surface area contributed by atoms with Crippen LogP contribution in [0.25, 0.3) is 0 Å². The molecule has 0 fully saturated rings. The molecular weight excluding hydrogens is 400 g/mol. The van der Waals surface area contributed by atoms with Crippen molar-refractivity contribution in [2.75, 3.05) is 0 Å². The molecule has 0 amide bonds. The summed E-state index contributed by atoms with van der Waals surface area (Å²) in [6, 6.07) is 0. The van der Waals surface area contributed by atoms with Gasteiger partial charge in [0.1, 0.15) is 0 Å². The number of allylic oxidation sites excluding steroid dienone is 4. The topological polar surface area (TPSA) is 0 Å². The molecule has 0 nitrogen and oxygen atoms in total. The Morgan fingerprint density at radius 3 is 1.37 bits per heavy atom. The minimum Gasteiger partial charge on any atom is -0.358 e. The minimum atomic E-state index is 0. The molecule has 0 bridgehead atoms. The maximum Gasteiger partial charge on any atom is 3.00 e. The third-order valence-electron chi connectivity index (χ3n) is 3.57. The number of rotatable bonds is 4. The first-order valence-electron chi connectivity index (χ1n) is 9.73. The van der Waals surface area contributed by atoms with Crippen LogP contribution in [-0.2, 0) is 32.7 Å². The van der Waals surface area contributed by atoms with Crippen molar-refractivity contribution in [2.24, 2.45) is 11.8 Å². The van der Waals surface area contributed by atoms with Crippen LogP contribution in [0.5, 0.6) is 0 Å². The summed E-state index contributed by atoms with van der Waals surface area (Å²) < 4.78 is 0. The van der Waals surface area contributed by atoms with Crippen LogP contribution in [0.2, 0.25) is 0 Å². The third kappa shape index (κ3) is 41.8. The van der Waals surface area contributed by atoms with Gasteiger partial charge in [0, 0.05) is 8.41 Å². The smallest absolute Gasteiger partial charge is 0.358 e. The Hall–Kier alpha value is 0.519. The normalized spacial score (nSPS) is 10.3. The molecule has 0 aliphatic heterocycles. The van der Waals surface area contributed by atoms with Crippen LogP contribution in [0.1, 0.15) is 110 Å². The second-order valence-corrected chi connectivity index (χ2v) is 5.02. The van der Waals surface area contributed by atoms with Gasteiger partial charge in [-0.15, -0.1) is 13.0 Å². The summed E-state index contributed by atoms with van der Waals surface area (Å²) in [5.74, 6) is 1.77. The molecule has 0 aromatic carbocycles. The van der Waals surface area contributed by atoms with Gasteiger partial charge in [0.05, 0.1) is 0 Å². The zero-order chi connectivity index (χ0) is 18.6. The van der Waals surface area contributed by atoms with Gasteiger partial charge in [-0.05, 0) is 24.7 Å². The standard InChI is InChI=1S/C9H13.C7H16.3C2H6.CH4.2CH3.B.Y/c1-3-8-5-6-9(4-2)7-8;1-5-7(4)6(2)3;3*1-2;;;;;/h3,5-6H,4,7H2,1-2H3;6-7H,5H2,1-4H3;3*1-2H3;1H4;2*1H3;;/q-1;;;;;;2*-1;;+3. The van der Waals surface area contributed by atoms with Crippen molar-refractivity contribution in [1.82, 2.24) is 0 Å². The van der Waals surface area contributed by atoms with E-state index < -0.39 is 0 Å². The first kappa shape index (κ1) is 56.4. The quantitative estimate of drug-likeness (QED) is 0.291. The van der Waals surface area contributed by atoms with Gasteiger partial charge in [-0.25, -0.2) is 18.1 Å². The Balaban J connectivity index is -0.0000000237. The monoisotopic (exact) mass is 457 g/mol. The molecule has 27 heavy (non-hydrogen) atoms. The van der Waals surface area contributed by atoms with E-state index in [4.69, 9.17) is 0 Å². The molecule has 0 aromatic heterocycles. The molecule has 0 aromatic rings. The van der Waals surface area contributed by atoms with Crippen LogP contribution in [0.3, 0.4) is 0 Å². The molecule has 3 radical (unpaired) electrons. The van der Waals surface area contributed by atoms with Gasteiger partial charge in [0.25, 0.3) is 0 Å². The number of hydrogen-bond donors (Lipinski definition) is 0. The Bertz CT molecular complexity index is 225. The van der Waals surface area contributed by atoms with E-state index in [0.29, 0.717) is 0 Å². The van der Waals surface area contributed by atoms with Gasteiger partial charge in [0.15, 0.2) is 0 Å². The first-order chi connectivity index (χ1) is 10.5. The molecule has 0 saturated carbocycles. The van der Waals surface area contributed by atoms with Crippen LogP contribution >= 0.6 is 0 Å². The van der Waals surface area contributed by atoms with Gasteiger partial charge in [-0.2, -0.15) is 0 Å². The summed E-state index contributed by atoms with van der Waals surface area (Å²) >= 11 is 0. The van der Waals surface area contributed by atoms with Crippen LogP contribution in [0, 0.1) is 33.1 Å². The Kier molecular flexibility index (Phi) is 105. The predicted molar refractivity (Wildman–Crippen MR) is 135 cm³/mol. The summed E-state index contributed by atoms with van der Waals surface area (Å²) in [4.78, 5) is 0. The molecule has 1 atom stereocenters. The summed E-state index contributed by atoms with van der Waals surface area (Å²) in [7, 11) is 0. The van der Waals surface area contributed by atoms with Crippen LogP contribution < -0.4 is 0 Å². The van der Waals surface area contributed by atoms with Gasteiger partial charge < -0.3 is 14.9 Å². The van der Waals surface area contributed by atoms with E-state index in [2.05, 4.69) is 60.1 Å². The van der Waals surface area contributed by atoms with Crippen molar-refractivity contribution in [2.45, 2.75) is 110 Å². The third-order valence-corrected chi connectivity index (χ3v) is 3.57. The summed E-state index contributed by atoms with van der Waals surface area (Å²) in [6.07, 6.45) is 10.3. The van der Waals surface area contributed by atoms with Crippen LogP contribution in [0.4, 0.5) is 0 Å². The van der Waals surface area contributed by atoms with Gasteiger partial charge in [0.2, 0.25) is 0 Å². The van der Waals surface area contributed by atoms with Crippen molar-refractivity contribution in [1.29, 1.82) is 0 Å². The Morgan fingerprint density at radius 1 is 0.889 bits per heavy atom. The van der Waals surface area contributed by atoms with Gasteiger partial charge in [-0.1, -0.05) is 95.6 Å². The summed E-state index contributed by atoms with van der Waals surface area (Å²) in [5.41, 5.74) is 3.02. The van der Waals surface area contributed by atoms with E-state index in [1.807, 2.05) is 41.5 Å². The fourth-order valence-corrected chi connectivity index (χ4v) is 1.52. The maximum absolute atomic E-state index is 2.30. The van der Waals surface area contributed by atoms with E-state index >= 15 is 0 Å². The molecule has 0 saturated heterocycles. The fraction of sp³-hybridized carbons (Fsp3) is 0.720. The Labute approximate surface area is 206 Å². The average Bonchev–Trinajstić information content (AvgIpc) is 3.08. The number of hydrogen-bond acceptors (Lipinski definition) is 0. The molecule has 0 N–H and O–H groups in total. The van der Waals surface area contributed by atoms with Gasteiger partial charge in [-0.3, -0.25) is 0 Å². The zero-order valence-electron chi connectivity index (χ0n) is 21.2. The first-order valence-corrected chi connectivity index (χ1v) is 9.73. The largest absolute Gasteiger partial charge is 3.00 e. The molecule has 0 spiro atoms. The second kappa shape index (κ2) is 50.4. The zero-order valence-corrected chi connectivity index (χ0v) is 24.0. The SMILES string of the molecule is C.CC.CC.CC.CCC(C)C(C)C.C[CH-]C1=CC=C(CC)C1.[B].[CH3-].[CH3-].[Y+3]. The summed E-state index contributed by atoms with van der Waals surface area (Å²) in [5, 5.41) is 0. The average molecular weight is 457 g/mol. The molecule has 0 heterocycles.